The minimum atomic E-state index is -0.535. The molecule has 1 aromatic carbocycles. The highest BCUT2D eigenvalue weighted by Crippen LogP contribution is 2.28. The van der Waals surface area contributed by atoms with Gasteiger partial charge in [0.25, 0.3) is 0 Å². The summed E-state index contributed by atoms with van der Waals surface area (Å²) >= 11 is 0. The lowest BCUT2D eigenvalue weighted by molar-refractivity contribution is 0.0689. The number of unbranched alkanes of at least 4 members (excludes halogenated alkanes) is 1. The average Bonchev–Trinajstić information content (AvgIpc) is 2.75. The summed E-state index contributed by atoms with van der Waals surface area (Å²) in [6, 6.07) is 3.85. The molecule has 0 saturated carbocycles. The zero-order valence-electron chi connectivity index (χ0n) is 18.5. The van der Waals surface area contributed by atoms with Gasteiger partial charge in [-0.1, -0.05) is 13.0 Å². The van der Waals surface area contributed by atoms with E-state index in [1.54, 1.807) is 20.2 Å². The highest BCUT2D eigenvalue weighted by Gasteiger charge is 2.27. The minimum absolute atomic E-state index is 0.0409. The monoisotopic (exact) mass is 426 g/mol. The summed E-state index contributed by atoms with van der Waals surface area (Å²) in [5, 5.41) is 3.42. The fraction of sp³-hybridized carbons (Fsp3) is 0.682. The maximum absolute atomic E-state index is 14.3. The van der Waals surface area contributed by atoms with Crippen LogP contribution in [0.25, 0.3) is 0 Å². The van der Waals surface area contributed by atoms with Crippen LogP contribution in [0, 0.1) is 11.6 Å². The fourth-order valence-electron chi connectivity index (χ4n) is 3.80. The SMILES string of the molecule is CCC(c1ccc(F)cc1F)N1CCN(C(=NC)NCCCCOCCOC)CC1. The molecule has 2 rings (SSSR count). The third-order valence-electron chi connectivity index (χ3n) is 5.40. The number of ether oxygens (including phenoxy) is 2. The normalized spacial score (nSPS) is 16.7. The predicted octanol–water partition coefficient (Wildman–Crippen LogP) is 3.05. The van der Waals surface area contributed by atoms with E-state index in [9.17, 15) is 8.78 Å². The summed E-state index contributed by atoms with van der Waals surface area (Å²) < 4.78 is 38.0. The molecule has 0 amide bonds. The lowest BCUT2D eigenvalue weighted by Crippen LogP contribution is -2.53. The Kier molecular flexibility index (Phi) is 11.0. The number of nitrogens with zero attached hydrogens (tertiary/aromatic N) is 3. The van der Waals surface area contributed by atoms with Crippen LogP contribution >= 0.6 is 0 Å². The molecule has 1 N–H and O–H groups in total. The van der Waals surface area contributed by atoms with Crippen molar-refractivity contribution in [1.82, 2.24) is 15.1 Å². The molecule has 1 unspecified atom stereocenters. The number of guanidine groups is 1. The van der Waals surface area contributed by atoms with E-state index >= 15 is 0 Å². The van der Waals surface area contributed by atoms with Crippen molar-refractivity contribution in [3.63, 3.8) is 0 Å². The van der Waals surface area contributed by atoms with Crippen LogP contribution in [0.15, 0.2) is 23.2 Å². The number of nitrogens with one attached hydrogen (secondary N) is 1. The Hall–Kier alpha value is -1.77. The third-order valence-corrected chi connectivity index (χ3v) is 5.40. The zero-order valence-corrected chi connectivity index (χ0v) is 18.5. The van der Waals surface area contributed by atoms with Gasteiger partial charge in [-0.15, -0.1) is 0 Å². The average molecular weight is 427 g/mol. The Morgan fingerprint density at radius 2 is 1.90 bits per heavy atom. The largest absolute Gasteiger partial charge is 0.382 e. The molecule has 6 nitrogen and oxygen atoms in total. The van der Waals surface area contributed by atoms with Crippen LogP contribution in [0.5, 0.6) is 0 Å². The Morgan fingerprint density at radius 3 is 2.53 bits per heavy atom. The lowest BCUT2D eigenvalue weighted by atomic mass is 10.0. The molecule has 0 bridgehead atoms. The van der Waals surface area contributed by atoms with Gasteiger partial charge in [-0.25, -0.2) is 8.78 Å². The van der Waals surface area contributed by atoms with Gasteiger partial charge in [-0.05, 0) is 25.3 Å². The minimum Gasteiger partial charge on any atom is -0.382 e. The van der Waals surface area contributed by atoms with E-state index < -0.39 is 11.6 Å². The number of methoxy groups -OCH3 is 1. The van der Waals surface area contributed by atoms with Crippen LogP contribution in [0.3, 0.4) is 0 Å². The number of halogens is 2. The maximum Gasteiger partial charge on any atom is 0.193 e. The van der Waals surface area contributed by atoms with E-state index in [1.807, 2.05) is 6.92 Å². The molecule has 1 aromatic rings. The predicted molar refractivity (Wildman–Crippen MR) is 116 cm³/mol. The molecule has 1 heterocycles. The highest BCUT2D eigenvalue weighted by atomic mass is 19.1. The van der Waals surface area contributed by atoms with Crippen molar-refractivity contribution in [2.75, 3.05) is 66.7 Å². The Morgan fingerprint density at radius 1 is 1.13 bits per heavy atom. The number of piperazine rings is 1. The molecule has 1 saturated heterocycles. The van der Waals surface area contributed by atoms with Gasteiger partial charge in [0.1, 0.15) is 11.6 Å². The highest BCUT2D eigenvalue weighted by molar-refractivity contribution is 5.79. The molecule has 1 atom stereocenters. The number of aliphatic imine (C=N–C) groups is 1. The van der Waals surface area contributed by atoms with Crippen LogP contribution in [0.4, 0.5) is 8.78 Å². The van der Waals surface area contributed by atoms with E-state index in [1.165, 1.54) is 6.07 Å². The molecule has 0 aliphatic carbocycles. The van der Waals surface area contributed by atoms with Gasteiger partial charge < -0.3 is 19.7 Å². The van der Waals surface area contributed by atoms with E-state index in [-0.39, 0.29) is 6.04 Å². The fourth-order valence-corrected chi connectivity index (χ4v) is 3.80. The molecule has 170 valence electrons. The van der Waals surface area contributed by atoms with Crippen molar-refractivity contribution in [2.24, 2.45) is 4.99 Å². The number of benzene rings is 1. The first-order chi connectivity index (χ1) is 14.6. The molecule has 1 fully saturated rings. The second-order valence-electron chi connectivity index (χ2n) is 7.40. The van der Waals surface area contributed by atoms with E-state index in [2.05, 4.69) is 20.1 Å². The number of hydrogen-bond acceptors (Lipinski definition) is 4. The molecular formula is C22H36F2N4O2. The molecule has 1 aliphatic rings. The van der Waals surface area contributed by atoms with Crippen molar-refractivity contribution < 1.29 is 18.3 Å². The van der Waals surface area contributed by atoms with Gasteiger partial charge in [-0.3, -0.25) is 9.89 Å². The summed E-state index contributed by atoms with van der Waals surface area (Å²) in [6.45, 7) is 8.14. The molecular weight excluding hydrogens is 390 g/mol. The van der Waals surface area contributed by atoms with Gasteiger partial charge in [0.05, 0.1) is 13.2 Å². The van der Waals surface area contributed by atoms with Crippen molar-refractivity contribution in [1.29, 1.82) is 0 Å². The summed E-state index contributed by atoms with van der Waals surface area (Å²) in [5.41, 5.74) is 0.572. The number of hydrogen-bond donors (Lipinski definition) is 1. The van der Waals surface area contributed by atoms with Gasteiger partial charge in [-0.2, -0.15) is 0 Å². The Balaban J connectivity index is 1.76. The van der Waals surface area contributed by atoms with Crippen molar-refractivity contribution in [3.8, 4) is 0 Å². The molecule has 0 radical (unpaired) electrons. The second kappa shape index (κ2) is 13.5. The van der Waals surface area contributed by atoms with Crippen LogP contribution < -0.4 is 5.32 Å². The maximum atomic E-state index is 14.3. The zero-order chi connectivity index (χ0) is 21.8. The summed E-state index contributed by atoms with van der Waals surface area (Å²) in [7, 11) is 3.47. The first-order valence-electron chi connectivity index (χ1n) is 10.8. The topological polar surface area (TPSA) is 49.3 Å². The lowest BCUT2D eigenvalue weighted by Gasteiger charge is -2.40. The second-order valence-corrected chi connectivity index (χ2v) is 7.40. The van der Waals surface area contributed by atoms with Gasteiger partial charge in [0.15, 0.2) is 5.96 Å². The first kappa shape index (κ1) is 24.5. The quantitative estimate of drug-likeness (QED) is 0.335. The molecule has 30 heavy (non-hydrogen) atoms. The van der Waals surface area contributed by atoms with Crippen LogP contribution in [-0.4, -0.2) is 82.5 Å². The van der Waals surface area contributed by atoms with Gasteiger partial charge in [0.2, 0.25) is 0 Å². The standard InChI is InChI=1S/C22H36F2N4O2/c1-4-21(19-8-7-18(23)17-20(19)24)27-10-12-28(13-11-27)22(25-2)26-9-5-6-14-30-16-15-29-3/h7-8,17,21H,4-6,9-16H2,1-3H3,(H,25,26). The number of rotatable bonds is 11. The van der Waals surface area contributed by atoms with Crippen molar-refractivity contribution in [3.05, 3.63) is 35.4 Å². The Labute approximate surface area is 179 Å². The summed E-state index contributed by atoms with van der Waals surface area (Å²) in [5.74, 6) is -0.101. The molecule has 0 spiro atoms. The van der Waals surface area contributed by atoms with Gasteiger partial charge >= 0.3 is 0 Å². The molecule has 1 aliphatic heterocycles. The van der Waals surface area contributed by atoms with E-state index in [0.717, 1.165) is 70.6 Å². The van der Waals surface area contributed by atoms with Crippen molar-refractivity contribution >= 4 is 5.96 Å². The third kappa shape index (κ3) is 7.49. The first-order valence-corrected chi connectivity index (χ1v) is 10.8. The van der Waals surface area contributed by atoms with Crippen LogP contribution in [0.1, 0.15) is 37.8 Å². The van der Waals surface area contributed by atoms with Gasteiger partial charge in [0, 0.05) is 71.2 Å². The molecule has 8 heteroatoms. The van der Waals surface area contributed by atoms with Crippen LogP contribution in [0.2, 0.25) is 0 Å². The summed E-state index contributed by atoms with van der Waals surface area (Å²) in [6.07, 6.45) is 2.78. The molecule has 0 aromatic heterocycles. The summed E-state index contributed by atoms with van der Waals surface area (Å²) in [4.78, 5) is 8.92. The van der Waals surface area contributed by atoms with Crippen LogP contribution in [-0.2, 0) is 9.47 Å². The van der Waals surface area contributed by atoms with Crippen molar-refractivity contribution in [2.45, 2.75) is 32.2 Å². The van der Waals surface area contributed by atoms with E-state index in [4.69, 9.17) is 9.47 Å². The Bertz CT molecular complexity index is 652. The van der Waals surface area contributed by atoms with E-state index in [0.29, 0.717) is 18.8 Å². The smallest absolute Gasteiger partial charge is 0.193 e.